The van der Waals surface area contributed by atoms with E-state index in [0.29, 0.717) is 18.3 Å². The van der Waals surface area contributed by atoms with Gasteiger partial charge in [0.15, 0.2) is 0 Å². The summed E-state index contributed by atoms with van der Waals surface area (Å²) in [5, 5.41) is 9.00. The molecule has 1 aliphatic carbocycles. The number of rotatable bonds is 3. The number of aliphatic carboxylic acids is 1. The van der Waals surface area contributed by atoms with Crippen molar-refractivity contribution in [3.05, 3.63) is 0 Å². The lowest BCUT2D eigenvalue weighted by Gasteiger charge is -2.39. The second-order valence-electron chi connectivity index (χ2n) is 6.53. The summed E-state index contributed by atoms with van der Waals surface area (Å²) >= 11 is 0. The molecule has 1 heterocycles. The molecule has 2 unspecified atom stereocenters. The van der Waals surface area contributed by atoms with Crippen LogP contribution < -0.4 is 0 Å². The van der Waals surface area contributed by atoms with Crippen LogP contribution in [0.4, 0.5) is 0 Å². The van der Waals surface area contributed by atoms with Gasteiger partial charge in [-0.25, -0.2) is 0 Å². The zero-order chi connectivity index (χ0) is 14.0. The predicted octanol–water partition coefficient (Wildman–Crippen LogP) is 2.53. The van der Waals surface area contributed by atoms with Gasteiger partial charge in [0.05, 0.1) is 5.92 Å². The summed E-state index contributed by atoms with van der Waals surface area (Å²) in [6, 6.07) is 0. The number of piperidine rings is 1. The van der Waals surface area contributed by atoms with Gasteiger partial charge in [0, 0.05) is 19.0 Å². The van der Waals surface area contributed by atoms with Crippen molar-refractivity contribution in [2.45, 2.75) is 52.4 Å². The van der Waals surface area contributed by atoms with Gasteiger partial charge >= 0.3 is 5.97 Å². The Kier molecular flexibility index (Phi) is 4.16. The van der Waals surface area contributed by atoms with Crippen molar-refractivity contribution in [1.82, 2.24) is 4.90 Å². The minimum atomic E-state index is -0.743. The average Bonchev–Trinajstić information content (AvgIpc) is 2.88. The molecule has 0 aromatic carbocycles. The van der Waals surface area contributed by atoms with E-state index in [1.54, 1.807) is 0 Å². The summed E-state index contributed by atoms with van der Waals surface area (Å²) < 4.78 is 0. The van der Waals surface area contributed by atoms with E-state index in [4.69, 9.17) is 5.11 Å². The Morgan fingerprint density at radius 2 is 1.79 bits per heavy atom. The van der Waals surface area contributed by atoms with Crippen LogP contribution in [-0.4, -0.2) is 35.0 Å². The molecule has 2 atom stereocenters. The lowest BCUT2D eigenvalue weighted by Crippen LogP contribution is -2.44. The van der Waals surface area contributed by atoms with Crippen molar-refractivity contribution >= 4 is 11.9 Å². The number of carbonyl (C=O) groups is 2. The number of hydrogen-bond acceptors (Lipinski definition) is 2. The van der Waals surface area contributed by atoms with Gasteiger partial charge in [-0.2, -0.15) is 0 Å². The molecule has 4 heteroatoms. The van der Waals surface area contributed by atoms with Crippen molar-refractivity contribution < 1.29 is 14.7 Å². The van der Waals surface area contributed by atoms with Gasteiger partial charge in [0.25, 0.3) is 0 Å². The molecule has 1 amide bonds. The summed E-state index contributed by atoms with van der Waals surface area (Å²) in [7, 11) is 0. The van der Waals surface area contributed by atoms with Gasteiger partial charge in [-0.15, -0.1) is 0 Å². The highest BCUT2D eigenvalue weighted by Gasteiger charge is 2.38. The predicted molar refractivity (Wildman–Crippen MR) is 72.7 cm³/mol. The first-order valence-corrected chi connectivity index (χ1v) is 7.47. The molecule has 2 aliphatic rings. The average molecular weight is 267 g/mol. The Morgan fingerprint density at radius 3 is 2.26 bits per heavy atom. The molecular formula is C15H25NO3. The minimum absolute atomic E-state index is 0.0490. The molecule has 0 aromatic rings. The van der Waals surface area contributed by atoms with E-state index >= 15 is 0 Å². The standard InChI is InChI=1S/C15H25NO3/c1-3-15(2)6-8-16(9-7-15)13(17)11-4-5-12(10-11)14(18)19/h11-12H,3-10H2,1-2H3,(H,18,19). The van der Waals surface area contributed by atoms with Crippen molar-refractivity contribution in [2.24, 2.45) is 17.3 Å². The van der Waals surface area contributed by atoms with E-state index in [-0.39, 0.29) is 17.7 Å². The summed E-state index contributed by atoms with van der Waals surface area (Å²) in [6.07, 6.45) is 5.26. The van der Waals surface area contributed by atoms with Gasteiger partial charge in [0.2, 0.25) is 5.91 Å². The zero-order valence-corrected chi connectivity index (χ0v) is 12.0. The molecule has 1 N–H and O–H groups in total. The van der Waals surface area contributed by atoms with Gasteiger partial charge in [0.1, 0.15) is 0 Å². The monoisotopic (exact) mass is 267 g/mol. The van der Waals surface area contributed by atoms with Gasteiger partial charge in [-0.1, -0.05) is 20.3 Å². The molecule has 4 nitrogen and oxygen atoms in total. The number of nitrogens with zero attached hydrogens (tertiary/aromatic N) is 1. The number of hydrogen-bond donors (Lipinski definition) is 1. The van der Waals surface area contributed by atoms with E-state index < -0.39 is 5.97 Å². The van der Waals surface area contributed by atoms with Crippen LogP contribution in [-0.2, 0) is 9.59 Å². The zero-order valence-electron chi connectivity index (χ0n) is 12.0. The van der Waals surface area contributed by atoms with Crippen molar-refractivity contribution in [1.29, 1.82) is 0 Å². The van der Waals surface area contributed by atoms with E-state index in [1.807, 2.05) is 4.90 Å². The molecule has 2 rings (SSSR count). The number of amides is 1. The SMILES string of the molecule is CCC1(C)CCN(C(=O)C2CCC(C(=O)O)C2)CC1. The first kappa shape index (κ1) is 14.4. The molecule has 0 radical (unpaired) electrons. The maximum Gasteiger partial charge on any atom is 0.306 e. The van der Waals surface area contributed by atoms with Crippen LogP contribution >= 0.6 is 0 Å². The van der Waals surface area contributed by atoms with Crippen LogP contribution in [0.2, 0.25) is 0 Å². The second kappa shape index (κ2) is 5.51. The number of likely N-dealkylation sites (tertiary alicyclic amines) is 1. The van der Waals surface area contributed by atoms with Gasteiger partial charge < -0.3 is 10.0 Å². The summed E-state index contributed by atoms with van der Waals surface area (Å²) in [5.41, 5.74) is 0.385. The molecule has 0 bridgehead atoms. The fraction of sp³-hybridized carbons (Fsp3) is 0.867. The third-order valence-electron chi connectivity index (χ3n) is 5.27. The molecule has 0 aromatic heterocycles. The van der Waals surface area contributed by atoms with E-state index in [2.05, 4.69) is 13.8 Å². The molecular weight excluding hydrogens is 242 g/mol. The van der Waals surface area contributed by atoms with Crippen LogP contribution in [0.1, 0.15) is 52.4 Å². The van der Waals surface area contributed by atoms with Crippen molar-refractivity contribution in [2.75, 3.05) is 13.1 Å². The van der Waals surface area contributed by atoms with Gasteiger partial charge in [-0.05, 0) is 37.5 Å². The van der Waals surface area contributed by atoms with E-state index in [9.17, 15) is 9.59 Å². The fourth-order valence-electron chi connectivity index (χ4n) is 3.31. The van der Waals surface area contributed by atoms with Crippen LogP contribution in [0.5, 0.6) is 0 Å². The topological polar surface area (TPSA) is 57.6 Å². The first-order valence-electron chi connectivity index (χ1n) is 7.47. The molecule has 19 heavy (non-hydrogen) atoms. The van der Waals surface area contributed by atoms with Crippen LogP contribution in [0, 0.1) is 17.3 Å². The highest BCUT2D eigenvalue weighted by Crippen LogP contribution is 2.37. The Morgan fingerprint density at radius 1 is 1.21 bits per heavy atom. The number of carboxylic acid groups (broad SMARTS) is 1. The van der Waals surface area contributed by atoms with Gasteiger partial charge in [-0.3, -0.25) is 9.59 Å². The smallest absolute Gasteiger partial charge is 0.306 e. The second-order valence-corrected chi connectivity index (χ2v) is 6.53. The molecule has 108 valence electrons. The lowest BCUT2D eigenvalue weighted by atomic mass is 9.78. The molecule has 1 saturated carbocycles. The molecule has 1 saturated heterocycles. The highest BCUT2D eigenvalue weighted by atomic mass is 16.4. The highest BCUT2D eigenvalue weighted by molar-refractivity contribution is 5.81. The molecule has 1 aliphatic heterocycles. The third-order valence-corrected chi connectivity index (χ3v) is 5.27. The summed E-state index contributed by atoms with van der Waals surface area (Å²) in [5.74, 6) is -0.902. The Hall–Kier alpha value is -1.06. The van der Waals surface area contributed by atoms with E-state index in [1.165, 1.54) is 6.42 Å². The minimum Gasteiger partial charge on any atom is -0.481 e. The quantitative estimate of drug-likeness (QED) is 0.855. The lowest BCUT2D eigenvalue weighted by molar-refractivity contribution is -0.142. The van der Waals surface area contributed by atoms with E-state index in [0.717, 1.165) is 32.4 Å². The third kappa shape index (κ3) is 3.10. The Labute approximate surface area is 115 Å². The Bertz CT molecular complexity index is 358. The first-order chi connectivity index (χ1) is 8.95. The summed E-state index contributed by atoms with van der Waals surface area (Å²) in [4.78, 5) is 25.3. The Balaban J connectivity index is 1.87. The molecule has 0 spiro atoms. The fourth-order valence-corrected chi connectivity index (χ4v) is 3.31. The number of carboxylic acids is 1. The van der Waals surface area contributed by atoms with Crippen LogP contribution in [0.3, 0.4) is 0 Å². The maximum absolute atomic E-state index is 12.4. The van der Waals surface area contributed by atoms with Crippen molar-refractivity contribution in [3.63, 3.8) is 0 Å². The van der Waals surface area contributed by atoms with Crippen molar-refractivity contribution in [3.8, 4) is 0 Å². The molecule has 2 fully saturated rings. The number of carbonyl (C=O) groups excluding carboxylic acids is 1. The van der Waals surface area contributed by atoms with Crippen LogP contribution in [0.15, 0.2) is 0 Å². The van der Waals surface area contributed by atoms with Crippen LogP contribution in [0.25, 0.3) is 0 Å². The normalized spacial score (nSPS) is 30.3. The largest absolute Gasteiger partial charge is 0.481 e. The maximum atomic E-state index is 12.4. The summed E-state index contributed by atoms with van der Waals surface area (Å²) in [6.45, 7) is 6.20.